The third-order valence-electron chi connectivity index (χ3n) is 5.91. The fourth-order valence-electron chi connectivity index (χ4n) is 4.28. The number of hydrogen-bond donors (Lipinski definition) is 1. The van der Waals surface area contributed by atoms with Crippen molar-refractivity contribution in [1.82, 2.24) is 9.80 Å². The zero-order valence-corrected chi connectivity index (χ0v) is 16.9. The Morgan fingerprint density at radius 3 is 1.55 bits per heavy atom. The van der Waals surface area contributed by atoms with Crippen LogP contribution >= 0.6 is 0 Å². The van der Waals surface area contributed by atoms with Gasteiger partial charge < -0.3 is 10.0 Å². The predicted octanol–water partition coefficient (Wildman–Crippen LogP) is 4.52. The topological polar surface area (TPSA) is 26.7 Å². The van der Waals surface area contributed by atoms with E-state index in [1.54, 1.807) is 0 Å². The normalized spacial score (nSPS) is 16.8. The molecule has 3 nitrogen and oxygen atoms in total. The van der Waals surface area contributed by atoms with Gasteiger partial charge in [-0.3, -0.25) is 4.90 Å². The van der Waals surface area contributed by atoms with Crippen LogP contribution < -0.4 is 0 Å². The molecule has 3 aromatic carbocycles. The van der Waals surface area contributed by atoms with Crippen molar-refractivity contribution in [2.75, 3.05) is 32.7 Å². The standard InChI is InChI=1S/C26H30N2O/c29-25(22-10-4-1-5-11-22)16-17-27-18-20-28(21-19-27)26(23-12-6-2-7-13-23)24-14-8-3-9-15-24/h1-15,25-26,29H,16-21H2. The summed E-state index contributed by atoms with van der Waals surface area (Å²) in [5.41, 5.74) is 3.72. The highest BCUT2D eigenvalue weighted by molar-refractivity contribution is 5.32. The van der Waals surface area contributed by atoms with Gasteiger partial charge in [-0.05, 0) is 23.1 Å². The minimum atomic E-state index is -0.379. The maximum absolute atomic E-state index is 10.5. The molecule has 3 aromatic rings. The van der Waals surface area contributed by atoms with E-state index >= 15 is 0 Å². The fraction of sp³-hybridized carbons (Fsp3) is 0.308. The Morgan fingerprint density at radius 2 is 1.07 bits per heavy atom. The van der Waals surface area contributed by atoms with E-state index in [0.29, 0.717) is 6.04 Å². The number of rotatable bonds is 7. The maximum Gasteiger partial charge on any atom is 0.0802 e. The Kier molecular flexibility index (Phi) is 6.73. The van der Waals surface area contributed by atoms with Crippen LogP contribution in [0.1, 0.15) is 35.3 Å². The molecule has 1 aliphatic rings. The molecule has 3 heteroatoms. The minimum absolute atomic E-state index is 0.300. The van der Waals surface area contributed by atoms with E-state index < -0.39 is 0 Å². The van der Waals surface area contributed by atoms with Crippen molar-refractivity contribution < 1.29 is 5.11 Å². The first-order valence-electron chi connectivity index (χ1n) is 10.6. The molecule has 0 radical (unpaired) electrons. The number of hydrogen-bond acceptors (Lipinski definition) is 3. The van der Waals surface area contributed by atoms with Crippen molar-refractivity contribution in [2.24, 2.45) is 0 Å². The van der Waals surface area contributed by atoms with Crippen LogP contribution in [0.4, 0.5) is 0 Å². The number of benzene rings is 3. The minimum Gasteiger partial charge on any atom is -0.388 e. The number of aliphatic hydroxyl groups is 1. The Balaban J connectivity index is 1.37. The lowest BCUT2D eigenvalue weighted by atomic mass is 9.96. The highest BCUT2D eigenvalue weighted by Gasteiger charge is 2.26. The van der Waals surface area contributed by atoms with E-state index in [4.69, 9.17) is 0 Å². The molecule has 1 N–H and O–H groups in total. The molecule has 0 saturated carbocycles. The van der Waals surface area contributed by atoms with Crippen molar-refractivity contribution in [3.05, 3.63) is 108 Å². The molecule has 1 aliphatic heterocycles. The Labute approximate surface area is 174 Å². The monoisotopic (exact) mass is 386 g/mol. The smallest absolute Gasteiger partial charge is 0.0802 e. The predicted molar refractivity (Wildman–Crippen MR) is 119 cm³/mol. The van der Waals surface area contributed by atoms with Crippen LogP contribution in [0, 0.1) is 0 Å². The molecule has 29 heavy (non-hydrogen) atoms. The molecule has 1 heterocycles. The van der Waals surface area contributed by atoms with Crippen LogP contribution in [0.25, 0.3) is 0 Å². The zero-order valence-electron chi connectivity index (χ0n) is 16.9. The summed E-state index contributed by atoms with van der Waals surface area (Å²) in [6, 6.07) is 31.9. The Bertz CT molecular complexity index is 806. The average molecular weight is 387 g/mol. The molecule has 0 aromatic heterocycles. The van der Waals surface area contributed by atoms with Gasteiger partial charge in [0.25, 0.3) is 0 Å². The molecule has 1 unspecified atom stereocenters. The van der Waals surface area contributed by atoms with E-state index in [1.807, 2.05) is 30.3 Å². The molecule has 1 saturated heterocycles. The molecule has 0 aliphatic carbocycles. The van der Waals surface area contributed by atoms with Gasteiger partial charge in [-0.1, -0.05) is 91.0 Å². The SMILES string of the molecule is OC(CCN1CCN(C(c2ccccc2)c2ccccc2)CC1)c1ccccc1. The van der Waals surface area contributed by atoms with Gasteiger partial charge in [0.2, 0.25) is 0 Å². The second kappa shape index (κ2) is 9.84. The summed E-state index contributed by atoms with van der Waals surface area (Å²) in [5.74, 6) is 0. The molecule has 0 bridgehead atoms. The number of piperazine rings is 1. The fourth-order valence-corrected chi connectivity index (χ4v) is 4.28. The van der Waals surface area contributed by atoms with E-state index in [-0.39, 0.29) is 6.10 Å². The lowest BCUT2D eigenvalue weighted by molar-refractivity contribution is 0.0887. The largest absolute Gasteiger partial charge is 0.388 e. The van der Waals surface area contributed by atoms with Crippen molar-refractivity contribution in [2.45, 2.75) is 18.6 Å². The molecule has 150 valence electrons. The Morgan fingerprint density at radius 1 is 0.621 bits per heavy atom. The summed E-state index contributed by atoms with van der Waals surface area (Å²) in [7, 11) is 0. The van der Waals surface area contributed by atoms with Crippen LogP contribution in [0.15, 0.2) is 91.0 Å². The van der Waals surface area contributed by atoms with E-state index in [9.17, 15) is 5.11 Å². The molecule has 4 rings (SSSR count). The second-order valence-corrected chi connectivity index (χ2v) is 7.82. The molecular weight excluding hydrogens is 356 g/mol. The van der Waals surface area contributed by atoms with Gasteiger partial charge in [-0.15, -0.1) is 0 Å². The van der Waals surface area contributed by atoms with Gasteiger partial charge in [0, 0.05) is 32.7 Å². The molecule has 1 atom stereocenters. The Hall–Kier alpha value is -2.46. The van der Waals surface area contributed by atoms with Crippen molar-refractivity contribution >= 4 is 0 Å². The highest BCUT2D eigenvalue weighted by Crippen LogP contribution is 2.29. The zero-order chi connectivity index (χ0) is 19.9. The summed E-state index contributed by atoms with van der Waals surface area (Å²) < 4.78 is 0. The summed E-state index contributed by atoms with van der Waals surface area (Å²) in [6.45, 7) is 5.09. The van der Waals surface area contributed by atoms with E-state index in [0.717, 1.165) is 44.7 Å². The second-order valence-electron chi connectivity index (χ2n) is 7.82. The van der Waals surface area contributed by atoms with E-state index in [2.05, 4.69) is 70.5 Å². The van der Waals surface area contributed by atoms with Crippen molar-refractivity contribution in [1.29, 1.82) is 0 Å². The third kappa shape index (κ3) is 5.13. The quantitative estimate of drug-likeness (QED) is 0.647. The van der Waals surface area contributed by atoms with Gasteiger partial charge in [0.05, 0.1) is 12.1 Å². The first-order chi connectivity index (χ1) is 14.3. The average Bonchev–Trinajstić information content (AvgIpc) is 2.80. The molecule has 0 spiro atoms. The van der Waals surface area contributed by atoms with Gasteiger partial charge in [0.1, 0.15) is 0 Å². The third-order valence-corrected chi connectivity index (χ3v) is 5.91. The number of nitrogens with zero attached hydrogens (tertiary/aromatic N) is 2. The van der Waals surface area contributed by atoms with Crippen LogP contribution in [0.3, 0.4) is 0 Å². The highest BCUT2D eigenvalue weighted by atomic mass is 16.3. The van der Waals surface area contributed by atoms with Gasteiger partial charge >= 0.3 is 0 Å². The van der Waals surface area contributed by atoms with Crippen molar-refractivity contribution in [3.63, 3.8) is 0 Å². The van der Waals surface area contributed by atoms with Gasteiger partial charge in [0.15, 0.2) is 0 Å². The van der Waals surface area contributed by atoms with Crippen LogP contribution in [0.2, 0.25) is 0 Å². The maximum atomic E-state index is 10.5. The van der Waals surface area contributed by atoms with Crippen LogP contribution in [0.5, 0.6) is 0 Å². The number of aliphatic hydroxyl groups excluding tert-OH is 1. The van der Waals surface area contributed by atoms with Gasteiger partial charge in [-0.25, -0.2) is 0 Å². The van der Waals surface area contributed by atoms with E-state index in [1.165, 1.54) is 11.1 Å². The molecule has 1 fully saturated rings. The lowest BCUT2D eigenvalue weighted by Crippen LogP contribution is -2.48. The molecule has 0 amide bonds. The summed E-state index contributed by atoms with van der Waals surface area (Å²) in [5, 5.41) is 10.5. The first kappa shape index (κ1) is 19.8. The first-order valence-corrected chi connectivity index (χ1v) is 10.6. The van der Waals surface area contributed by atoms with Crippen LogP contribution in [-0.2, 0) is 0 Å². The van der Waals surface area contributed by atoms with Gasteiger partial charge in [-0.2, -0.15) is 0 Å². The summed E-state index contributed by atoms with van der Waals surface area (Å²) in [6.07, 6.45) is 0.403. The lowest BCUT2D eigenvalue weighted by Gasteiger charge is -2.40. The van der Waals surface area contributed by atoms with Crippen molar-refractivity contribution in [3.8, 4) is 0 Å². The summed E-state index contributed by atoms with van der Waals surface area (Å²) in [4.78, 5) is 5.07. The van der Waals surface area contributed by atoms with Crippen LogP contribution in [-0.4, -0.2) is 47.6 Å². The summed E-state index contributed by atoms with van der Waals surface area (Å²) >= 11 is 0. The molecular formula is C26H30N2O.